The number of carbonyl (C=O) groups excluding carboxylic acids is 2. The molecule has 0 unspecified atom stereocenters. The third-order valence-corrected chi connectivity index (χ3v) is 3.17. The van der Waals surface area contributed by atoms with Crippen LogP contribution in [0.4, 0.5) is 0 Å². The van der Waals surface area contributed by atoms with Gasteiger partial charge in [-0.2, -0.15) is 0 Å². The lowest BCUT2D eigenvalue weighted by atomic mass is 10.1. The summed E-state index contributed by atoms with van der Waals surface area (Å²) in [7, 11) is 0. The molecule has 1 saturated heterocycles. The molecule has 1 heterocycles. The maximum absolute atomic E-state index is 11.9. The van der Waals surface area contributed by atoms with Crippen LogP contribution in [0.15, 0.2) is 30.3 Å². The second-order valence-electron chi connectivity index (χ2n) is 4.59. The van der Waals surface area contributed by atoms with Gasteiger partial charge in [0.25, 0.3) is 0 Å². The van der Waals surface area contributed by atoms with Gasteiger partial charge in [-0.3, -0.25) is 4.79 Å². The van der Waals surface area contributed by atoms with Crippen molar-refractivity contribution in [2.45, 2.75) is 31.3 Å². The molecular formula is C14H18N2O2. The van der Waals surface area contributed by atoms with Crippen LogP contribution in [-0.2, 0) is 16.0 Å². The van der Waals surface area contributed by atoms with Gasteiger partial charge in [-0.05, 0) is 31.4 Å². The van der Waals surface area contributed by atoms with Gasteiger partial charge in [0.2, 0.25) is 5.91 Å². The highest BCUT2D eigenvalue weighted by atomic mass is 16.2. The van der Waals surface area contributed by atoms with Crippen LogP contribution >= 0.6 is 0 Å². The molecule has 96 valence electrons. The topological polar surface area (TPSA) is 58.2 Å². The molecule has 0 aromatic heterocycles. The zero-order valence-corrected chi connectivity index (χ0v) is 10.3. The van der Waals surface area contributed by atoms with Crippen molar-refractivity contribution in [3.63, 3.8) is 0 Å². The van der Waals surface area contributed by atoms with Crippen LogP contribution in [0, 0.1) is 0 Å². The summed E-state index contributed by atoms with van der Waals surface area (Å²) in [4.78, 5) is 22.9. The van der Waals surface area contributed by atoms with Crippen molar-refractivity contribution in [2.75, 3.05) is 6.54 Å². The third kappa shape index (κ3) is 3.40. The molecule has 2 rings (SSSR count). The SMILES string of the molecule is O=C[C@@H](Cc1ccccc1)NC(=O)[C@H]1CCCN1. The quantitative estimate of drug-likeness (QED) is 0.751. The van der Waals surface area contributed by atoms with E-state index in [2.05, 4.69) is 10.6 Å². The zero-order valence-electron chi connectivity index (χ0n) is 10.3. The molecule has 0 aliphatic carbocycles. The van der Waals surface area contributed by atoms with Crippen molar-refractivity contribution in [3.05, 3.63) is 35.9 Å². The number of rotatable bonds is 5. The predicted octanol–water partition coefficient (Wildman–Crippen LogP) is 0.665. The Morgan fingerprint density at radius 3 is 2.83 bits per heavy atom. The second-order valence-corrected chi connectivity index (χ2v) is 4.59. The lowest BCUT2D eigenvalue weighted by Gasteiger charge is -2.16. The number of hydrogen-bond acceptors (Lipinski definition) is 3. The van der Waals surface area contributed by atoms with Crippen molar-refractivity contribution in [2.24, 2.45) is 0 Å². The molecule has 1 fully saturated rings. The van der Waals surface area contributed by atoms with Gasteiger partial charge >= 0.3 is 0 Å². The summed E-state index contributed by atoms with van der Waals surface area (Å²) in [5, 5.41) is 5.91. The minimum atomic E-state index is -0.442. The molecule has 1 aromatic carbocycles. The van der Waals surface area contributed by atoms with E-state index in [4.69, 9.17) is 0 Å². The molecule has 0 spiro atoms. The van der Waals surface area contributed by atoms with Gasteiger partial charge in [-0.15, -0.1) is 0 Å². The highest BCUT2D eigenvalue weighted by molar-refractivity contribution is 5.84. The summed E-state index contributed by atoms with van der Waals surface area (Å²) < 4.78 is 0. The lowest BCUT2D eigenvalue weighted by Crippen LogP contribution is -2.46. The number of amides is 1. The fourth-order valence-corrected chi connectivity index (χ4v) is 2.19. The monoisotopic (exact) mass is 246 g/mol. The van der Waals surface area contributed by atoms with Gasteiger partial charge in [-0.25, -0.2) is 0 Å². The van der Waals surface area contributed by atoms with E-state index in [1.54, 1.807) is 0 Å². The van der Waals surface area contributed by atoms with Crippen LogP contribution in [0.3, 0.4) is 0 Å². The van der Waals surface area contributed by atoms with Crippen LogP contribution in [0.1, 0.15) is 18.4 Å². The fraction of sp³-hybridized carbons (Fsp3) is 0.429. The molecule has 1 aliphatic heterocycles. The molecule has 1 aromatic rings. The Kier molecular flexibility index (Phi) is 4.47. The van der Waals surface area contributed by atoms with Crippen LogP contribution in [0.5, 0.6) is 0 Å². The van der Waals surface area contributed by atoms with E-state index in [1.165, 1.54) is 0 Å². The van der Waals surface area contributed by atoms with E-state index < -0.39 is 6.04 Å². The predicted molar refractivity (Wildman–Crippen MR) is 69.2 cm³/mol. The number of nitrogens with one attached hydrogen (secondary N) is 2. The van der Waals surface area contributed by atoms with Crippen LogP contribution < -0.4 is 10.6 Å². The molecule has 18 heavy (non-hydrogen) atoms. The van der Waals surface area contributed by atoms with Crippen molar-refractivity contribution >= 4 is 12.2 Å². The normalized spacial score (nSPS) is 20.3. The lowest BCUT2D eigenvalue weighted by molar-refractivity contribution is -0.125. The Balaban J connectivity index is 1.89. The smallest absolute Gasteiger partial charge is 0.237 e. The van der Waals surface area contributed by atoms with E-state index in [0.29, 0.717) is 6.42 Å². The highest BCUT2D eigenvalue weighted by Gasteiger charge is 2.23. The summed E-state index contributed by atoms with van der Waals surface area (Å²) in [6.45, 7) is 0.878. The van der Waals surface area contributed by atoms with E-state index in [0.717, 1.165) is 31.2 Å². The Bertz CT molecular complexity index is 400. The van der Waals surface area contributed by atoms with Crippen LogP contribution in [0.2, 0.25) is 0 Å². The third-order valence-electron chi connectivity index (χ3n) is 3.17. The number of benzene rings is 1. The molecule has 1 amide bonds. The molecule has 4 heteroatoms. The van der Waals surface area contributed by atoms with Gasteiger partial charge in [0.1, 0.15) is 6.29 Å². The van der Waals surface area contributed by atoms with Gasteiger partial charge in [0, 0.05) is 0 Å². The van der Waals surface area contributed by atoms with Crippen molar-refractivity contribution in [1.29, 1.82) is 0 Å². The Morgan fingerprint density at radius 1 is 1.44 bits per heavy atom. The molecule has 2 N–H and O–H groups in total. The first-order valence-corrected chi connectivity index (χ1v) is 6.32. The van der Waals surface area contributed by atoms with Crippen molar-refractivity contribution in [1.82, 2.24) is 10.6 Å². The van der Waals surface area contributed by atoms with E-state index in [-0.39, 0.29) is 11.9 Å². The minimum absolute atomic E-state index is 0.0690. The molecule has 2 atom stereocenters. The van der Waals surface area contributed by atoms with Gasteiger partial charge in [0.15, 0.2) is 0 Å². The second kappa shape index (κ2) is 6.31. The average Bonchev–Trinajstić information content (AvgIpc) is 2.93. The zero-order chi connectivity index (χ0) is 12.8. The first kappa shape index (κ1) is 12.8. The fourth-order valence-electron chi connectivity index (χ4n) is 2.19. The van der Waals surface area contributed by atoms with Crippen LogP contribution in [0.25, 0.3) is 0 Å². The number of aldehydes is 1. The van der Waals surface area contributed by atoms with Gasteiger partial charge < -0.3 is 15.4 Å². The Labute approximate surface area is 107 Å². The molecular weight excluding hydrogens is 228 g/mol. The molecule has 0 radical (unpaired) electrons. The van der Waals surface area contributed by atoms with E-state index in [1.807, 2.05) is 30.3 Å². The summed E-state index contributed by atoms with van der Waals surface area (Å²) in [6.07, 6.45) is 3.22. The largest absolute Gasteiger partial charge is 0.345 e. The summed E-state index contributed by atoms with van der Waals surface area (Å²) >= 11 is 0. The summed E-state index contributed by atoms with van der Waals surface area (Å²) in [6, 6.07) is 9.12. The summed E-state index contributed by atoms with van der Waals surface area (Å²) in [5.41, 5.74) is 1.05. The molecule has 4 nitrogen and oxygen atoms in total. The number of carbonyl (C=O) groups is 2. The van der Waals surface area contributed by atoms with Crippen LogP contribution in [-0.4, -0.2) is 30.8 Å². The highest BCUT2D eigenvalue weighted by Crippen LogP contribution is 2.06. The van der Waals surface area contributed by atoms with Gasteiger partial charge in [0.05, 0.1) is 12.1 Å². The van der Waals surface area contributed by atoms with Crippen molar-refractivity contribution in [3.8, 4) is 0 Å². The minimum Gasteiger partial charge on any atom is -0.345 e. The maximum atomic E-state index is 11.9. The standard InChI is InChI=1S/C14H18N2O2/c17-10-12(9-11-5-2-1-3-6-11)16-14(18)13-7-4-8-15-13/h1-3,5-6,10,12-13,15H,4,7-9H2,(H,16,18)/t12-,13-/m1/s1. The first-order valence-electron chi connectivity index (χ1n) is 6.32. The summed E-state index contributed by atoms with van der Waals surface area (Å²) in [5.74, 6) is -0.0690. The van der Waals surface area contributed by atoms with Gasteiger partial charge in [-0.1, -0.05) is 30.3 Å². The van der Waals surface area contributed by atoms with E-state index >= 15 is 0 Å². The first-order chi connectivity index (χ1) is 8.79. The maximum Gasteiger partial charge on any atom is 0.237 e. The average molecular weight is 246 g/mol. The van der Waals surface area contributed by atoms with E-state index in [9.17, 15) is 9.59 Å². The Morgan fingerprint density at radius 2 is 2.22 bits per heavy atom. The number of hydrogen-bond donors (Lipinski definition) is 2. The molecule has 1 aliphatic rings. The Hall–Kier alpha value is -1.68. The molecule has 0 bridgehead atoms. The molecule has 0 saturated carbocycles. The van der Waals surface area contributed by atoms with Crippen molar-refractivity contribution < 1.29 is 9.59 Å².